The fourth-order valence-electron chi connectivity index (χ4n) is 2.27. The molecule has 1 saturated heterocycles. The smallest absolute Gasteiger partial charge is 0.0168 e. The molecule has 0 amide bonds. The molecule has 0 aliphatic carbocycles. The Morgan fingerprint density at radius 2 is 2.08 bits per heavy atom. The van der Waals surface area contributed by atoms with Crippen molar-refractivity contribution >= 4 is 0 Å². The molecule has 1 aliphatic heterocycles. The molecule has 0 bridgehead atoms. The summed E-state index contributed by atoms with van der Waals surface area (Å²) in [5.74, 6) is 0.799. The first-order valence-corrected chi connectivity index (χ1v) is 5.59. The first-order valence-electron chi connectivity index (χ1n) is 5.59. The molecule has 1 rings (SSSR count). The second-order valence-electron chi connectivity index (χ2n) is 4.88. The van der Waals surface area contributed by atoms with Crippen LogP contribution in [0, 0.1) is 5.92 Å². The molecule has 1 aliphatic rings. The van der Waals surface area contributed by atoms with Crippen molar-refractivity contribution in [2.75, 3.05) is 13.1 Å². The Balaban J connectivity index is 2.32. The normalized spacial score (nSPS) is 27.9. The second kappa shape index (κ2) is 4.97. The van der Waals surface area contributed by atoms with Crippen molar-refractivity contribution in [3.8, 4) is 0 Å². The van der Waals surface area contributed by atoms with E-state index in [9.17, 15) is 0 Å². The number of piperidine rings is 1. The lowest BCUT2D eigenvalue weighted by molar-refractivity contribution is 0.143. The quantitative estimate of drug-likeness (QED) is 0.725. The highest BCUT2D eigenvalue weighted by atomic mass is 15.2. The third-order valence-electron chi connectivity index (χ3n) is 2.93. The van der Waals surface area contributed by atoms with Gasteiger partial charge in [0.25, 0.3) is 0 Å². The van der Waals surface area contributed by atoms with Gasteiger partial charge in [-0.3, -0.25) is 4.90 Å². The fraction of sp³-hybridized carbons (Fsp3) is 1.00. The van der Waals surface area contributed by atoms with Crippen molar-refractivity contribution in [2.45, 2.75) is 52.1 Å². The monoisotopic (exact) mass is 184 g/mol. The molecule has 2 nitrogen and oxygen atoms in total. The molecule has 0 radical (unpaired) electrons. The zero-order chi connectivity index (χ0) is 9.84. The van der Waals surface area contributed by atoms with E-state index in [-0.39, 0.29) is 0 Å². The number of hydrogen-bond donors (Lipinski definition) is 1. The van der Waals surface area contributed by atoms with Crippen molar-refractivity contribution in [1.82, 2.24) is 4.90 Å². The molecule has 1 heterocycles. The molecule has 0 aromatic carbocycles. The van der Waals surface area contributed by atoms with Gasteiger partial charge in [0.15, 0.2) is 0 Å². The highest BCUT2D eigenvalue weighted by Crippen LogP contribution is 2.16. The molecule has 1 fully saturated rings. The molecule has 0 spiro atoms. The Morgan fingerprint density at radius 3 is 2.62 bits per heavy atom. The highest BCUT2D eigenvalue weighted by molar-refractivity contribution is 4.79. The predicted octanol–water partition coefficient (Wildman–Crippen LogP) is 1.84. The topological polar surface area (TPSA) is 29.3 Å². The molecule has 78 valence electrons. The van der Waals surface area contributed by atoms with Gasteiger partial charge < -0.3 is 5.73 Å². The molecule has 2 unspecified atom stereocenters. The number of rotatable bonds is 3. The highest BCUT2D eigenvalue weighted by Gasteiger charge is 2.21. The first kappa shape index (κ1) is 11.0. The molecule has 13 heavy (non-hydrogen) atoms. The Morgan fingerprint density at radius 1 is 1.38 bits per heavy atom. The van der Waals surface area contributed by atoms with E-state index in [0.717, 1.165) is 12.5 Å². The van der Waals surface area contributed by atoms with Gasteiger partial charge in [-0.15, -0.1) is 0 Å². The lowest BCUT2D eigenvalue weighted by Gasteiger charge is -2.36. The third-order valence-corrected chi connectivity index (χ3v) is 2.93. The van der Waals surface area contributed by atoms with Gasteiger partial charge >= 0.3 is 0 Å². The van der Waals surface area contributed by atoms with Crippen molar-refractivity contribution in [2.24, 2.45) is 11.7 Å². The van der Waals surface area contributed by atoms with Gasteiger partial charge in [-0.05, 0) is 38.6 Å². The van der Waals surface area contributed by atoms with Crippen LogP contribution in [-0.4, -0.2) is 30.1 Å². The molecule has 0 aromatic heterocycles. The van der Waals surface area contributed by atoms with Gasteiger partial charge in [0, 0.05) is 18.6 Å². The Kier molecular flexibility index (Phi) is 4.20. The summed E-state index contributed by atoms with van der Waals surface area (Å²) in [5.41, 5.74) is 5.95. The fourth-order valence-corrected chi connectivity index (χ4v) is 2.27. The molecule has 0 aromatic rings. The number of nitrogens with zero attached hydrogens (tertiary/aromatic N) is 1. The SMILES string of the molecule is CC(C)CC(C)N1CCCC(N)C1. The molecular weight excluding hydrogens is 160 g/mol. The summed E-state index contributed by atoms with van der Waals surface area (Å²) in [6, 6.07) is 1.13. The zero-order valence-corrected chi connectivity index (χ0v) is 9.29. The van der Waals surface area contributed by atoms with Gasteiger partial charge in [-0.2, -0.15) is 0 Å². The van der Waals surface area contributed by atoms with Crippen LogP contribution in [0.2, 0.25) is 0 Å². The minimum absolute atomic E-state index is 0.420. The van der Waals surface area contributed by atoms with Crippen LogP contribution in [0.4, 0.5) is 0 Å². The molecule has 2 atom stereocenters. The van der Waals surface area contributed by atoms with E-state index >= 15 is 0 Å². The van der Waals surface area contributed by atoms with Crippen LogP contribution in [0.25, 0.3) is 0 Å². The van der Waals surface area contributed by atoms with E-state index in [2.05, 4.69) is 25.7 Å². The van der Waals surface area contributed by atoms with E-state index in [0.29, 0.717) is 12.1 Å². The number of nitrogens with two attached hydrogens (primary N) is 1. The molecular formula is C11H24N2. The van der Waals surface area contributed by atoms with Gasteiger partial charge in [-0.1, -0.05) is 13.8 Å². The minimum Gasteiger partial charge on any atom is -0.327 e. The molecule has 2 N–H and O–H groups in total. The van der Waals surface area contributed by atoms with Crippen molar-refractivity contribution in [3.05, 3.63) is 0 Å². The average molecular weight is 184 g/mol. The van der Waals surface area contributed by atoms with E-state index < -0.39 is 0 Å². The molecule has 2 heteroatoms. The standard InChI is InChI=1S/C11H24N2/c1-9(2)7-10(3)13-6-4-5-11(12)8-13/h9-11H,4-8,12H2,1-3H3. The lowest BCUT2D eigenvalue weighted by Crippen LogP contribution is -2.47. The predicted molar refractivity (Wildman–Crippen MR) is 57.7 cm³/mol. The van der Waals surface area contributed by atoms with Crippen LogP contribution in [-0.2, 0) is 0 Å². The lowest BCUT2D eigenvalue weighted by atomic mass is 9.99. The maximum atomic E-state index is 5.95. The summed E-state index contributed by atoms with van der Waals surface area (Å²) in [4.78, 5) is 2.55. The maximum Gasteiger partial charge on any atom is 0.0168 e. The van der Waals surface area contributed by atoms with Crippen LogP contribution in [0.1, 0.15) is 40.0 Å². The van der Waals surface area contributed by atoms with Crippen molar-refractivity contribution in [1.29, 1.82) is 0 Å². The van der Waals surface area contributed by atoms with Crippen molar-refractivity contribution < 1.29 is 0 Å². The van der Waals surface area contributed by atoms with Crippen LogP contribution < -0.4 is 5.73 Å². The van der Waals surface area contributed by atoms with Crippen LogP contribution in [0.3, 0.4) is 0 Å². The number of likely N-dealkylation sites (tertiary alicyclic amines) is 1. The Bertz CT molecular complexity index is 145. The van der Waals surface area contributed by atoms with Crippen LogP contribution in [0.5, 0.6) is 0 Å². The number of hydrogen-bond acceptors (Lipinski definition) is 2. The van der Waals surface area contributed by atoms with Crippen molar-refractivity contribution in [3.63, 3.8) is 0 Å². The first-order chi connectivity index (χ1) is 6.09. The summed E-state index contributed by atoms with van der Waals surface area (Å²) < 4.78 is 0. The minimum atomic E-state index is 0.420. The Labute approximate surface area is 82.5 Å². The van der Waals surface area contributed by atoms with E-state index in [1.165, 1.54) is 25.8 Å². The Hall–Kier alpha value is -0.0800. The summed E-state index contributed by atoms with van der Waals surface area (Å²) in [6.07, 6.45) is 3.79. The molecule has 0 saturated carbocycles. The van der Waals surface area contributed by atoms with Gasteiger partial charge in [0.2, 0.25) is 0 Å². The van der Waals surface area contributed by atoms with Gasteiger partial charge in [-0.25, -0.2) is 0 Å². The van der Waals surface area contributed by atoms with Gasteiger partial charge in [0.05, 0.1) is 0 Å². The van der Waals surface area contributed by atoms with E-state index in [1.54, 1.807) is 0 Å². The second-order valence-corrected chi connectivity index (χ2v) is 4.88. The summed E-state index contributed by atoms with van der Waals surface area (Å²) in [5, 5.41) is 0. The van der Waals surface area contributed by atoms with E-state index in [4.69, 9.17) is 5.73 Å². The summed E-state index contributed by atoms with van der Waals surface area (Å²) in [7, 11) is 0. The van der Waals surface area contributed by atoms with Gasteiger partial charge in [0.1, 0.15) is 0 Å². The zero-order valence-electron chi connectivity index (χ0n) is 9.29. The van der Waals surface area contributed by atoms with E-state index in [1.807, 2.05) is 0 Å². The summed E-state index contributed by atoms with van der Waals surface area (Å²) in [6.45, 7) is 9.27. The average Bonchev–Trinajstić information content (AvgIpc) is 2.03. The summed E-state index contributed by atoms with van der Waals surface area (Å²) >= 11 is 0. The maximum absolute atomic E-state index is 5.95. The third kappa shape index (κ3) is 3.65. The van der Waals surface area contributed by atoms with Crippen LogP contribution in [0.15, 0.2) is 0 Å². The largest absolute Gasteiger partial charge is 0.327 e. The van der Waals surface area contributed by atoms with Crippen LogP contribution >= 0.6 is 0 Å².